The van der Waals surface area contributed by atoms with Gasteiger partial charge >= 0.3 is 5.97 Å². The average molecular weight is 419 g/mol. The van der Waals surface area contributed by atoms with Gasteiger partial charge in [-0.15, -0.1) is 5.10 Å². The summed E-state index contributed by atoms with van der Waals surface area (Å²) in [6.07, 6.45) is 1.18. The first kappa shape index (κ1) is 20.5. The van der Waals surface area contributed by atoms with E-state index in [1.807, 2.05) is 0 Å². The van der Waals surface area contributed by atoms with E-state index < -0.39 is 28.8 Å². The molecule has 1 heterocycles. The fourth-order valence-corrected chi connectivity index (χ4v) is 3.26. The summed E-state index contributed by atoms with van der Waals surface area (Å²) in [6, 6.07) is 10.1. The van der Waals surface area contributed by atoms with Crippen LogP contribution in [0.25, 0.3) is 0 Å². The van der Waals surface area contributed by atoms with Gasteiger partial charge in [-0.2, -0.15) is 5.10 Å². The van der Waals surface area contributed by atoms with Crippen molar-refractivity contribution in [1.82, 2.24) is 5.32 Å². The molecular formula is C19H15F2N3O4S. The quantitative estimate of drug-likeness (QED) is 0.531. The van der Waals surface area contributed by atoms with Crippen LogP contribution in [0, 0.1) is 11.6 Å². The first-order valence-electron chi connectivity index (χ1n) is 8.38. The number of nitrogens with zero attached hydrogens (tertiary/aromatic N) is 2. The number of nitrogens with one attached hydrogen (secondary N) is 1. The van der Waals surface area contributed by atoms with Crippen LogP contribution in [0.1, 0.15) is 17.5 Å². The third-order valence-electron chi connectivity index (χ3n) is 3.76. The molecular weight excluding hydrogens is 404 g/mol. The molecule has 0 bridgehead atoms. The Balaban J connectivity index is 1.54. The number of carbonyl (C=O) groups excluding carboxylic acids is 1. The van der Waals surface area contributed by atoms with Crippen LogP contribution in [0.2, 0.25) is 0 Å². The van der Waals surface area contributed by atoms with Crippen LogP contribution in [-0.4, -0.2) is 33.6 Å². The Morgan fingerprint density at radius 3 is 2.69 bits per heavy atom. The summed E-state index contributed by atoms with van der Waals surface area (Å²) in [5.74, 6) is -2.95. The number of rotatable bonds is 7. The van der Waals surface area contributed by atoms with Gasteiger partial charge in [0, 0.05) is 6.07 Å². The van der Waals surface area contributed by atoms with Gasteiger partial charge in [0.05, 0.1) is 12.6 Å². The number of halogens is 2. The molecule has 2 N–H and O–H groups in total. The van der Waals surface area contributed by atoms with Gasteiger partial charge in [0.25, 0.3) is 0 Å². The van der Waals surface area contributed by atoms with Crippen LogP contribution in [0.4, 0.5) is 8.78 Å². The van der Waals surface area contributed by atoms with Crippen molar-refractivity contribution in [3.8, 4) is 5.75 Å². The van der Waals surface area contributed by atoms with Gasteiger partial charge in [-0.25, -0.2) is 8.78 Å². The number of ether oxygens (including phenoxy) is 1. The molecule has 1 aliphatic heterocycles. The molecule has 0 saturated carbocycles. The lowest BCUT2D eigenvalue weighted by Gasteiger charge is -2.07. The summed E-state index contributed by atoms with van der Waals surface area (Å²) in [5.41, 5.74) is 1.50. The topological polar surface area (TPSA) is 100 Å². The van der Waals surface area contributed by atoms with E-state index in [9.17, 15) is 18.4 Å². The zero-order chi connectivity index (χ0) is 20.8. The van der Waals surface area contributed by atoms with Crippen LogP contribution >= 0.6 is 11.8 Å². The minimum absolute atomic E-state index is 0.0369. The Bertz CT molecular complexity index is 980. The SMILES string of the molecule is O=C(O)CC1SC(=NN=Cc2ccc(COc3ccc(F)cc3F)cc2)NC1=O. The second-order valence-corrected chi connectivity index (χ2v) is 7.14. The monoisotopic (exact) mass is 419 g/mol. The van der Waals surface area contributed by atoms with Crippen LogP contribution in [0.15, 0.2) is 52.7 Å². The third-order valence-corrected chi connectivity index (χ3v) is 4.83. The molecule has 0 radical (unpaired) electrons. The second-order valence-electron chi connectivity index (χ2n) is 5.95. The summed E-state index contributed by atoms with van der Waals surface area (Å²) < 4.78 is 31.8. The first-order valence-corrected chi connectivity index (χ1v) is 9.26. The predicted octanol–water partition coefficient (Wildman–Crippen LogP) is 2.94. The minimum Gasteiger partial charge on any atom is -0.486 e. The maximum atomic E-state index is 13.5. The molecule has 1 fully saturated rings. The van der Waals surface area contributed by atoms with E-state index in [0.717, 1.165) is 35.0 Å². The molecule has 29 heavy (non-hydrogen) atoms. The van der Waals surface area contributed by atoms with Crippen molar-refractivity contribution in [2.45, 2.75) is 18.3 Å². The van der Waals surface area contributed by atoms with Crippen LogP contribution < -0.4 is 10.1 Å². The summed E-state index contributed by atoms with van der Waals surface area (Å²) >= 11 is 1.02. The fourth-order valence-electron chi connectivity index (χ4n) is 2.35. The highest BCUT2D eigenvalue weighted by molar-refractivity contribution is 8.15. The van der Waals surface area contributed by atoms with Crippen molar-refractivity contribution in [2.24, 2.45) is 10.2 Å². The Labute approximate surface area is 168 Å². The first-order chi connectivity index (χ1) is 13.9. The smallest absolute Gasteiger partial charge is 0.305 e. The second kappa shape index (κ2) is 9.28. The molecule has 3 rings (SSSR count). The van der Waals surface area contributed by atoms with Crippen LogP contribution in [0.5, 0.6) is 5.75 Å². The summed E-state index contributed by atoms with van der Waals surface area (Å²) in [6.45, 7) is 0.107. The molecule has 0 spiro atoms. The number of benzene rings is 2. The van der Waals surface area contributed by atoms with Crippen LogP contribution in [-0.2, 0) is 16.2 Å². The lowest BCUT2D eigenvalue weighted by molar-refractivity contribution is -0.138. The number of aliphatic carboxylic acids is 1. The standard InChI is InChI=1S/C19H15F2N3O4S/c20-13-5-6-15(14(21)7-13)28-10-12-3-1-11(2-4-12)9-22-24-19-23-18(27)16(29-19)8-17(25)26/h1-7,9,16H,8,10H2,(H,25,26)(H,23,24,27). The normalized spacial score (nSPS) is 17.7. The molecule has 1 atom stereocenters. The predicted molar refractivity (Wildman–Crippen MR) is 104 cm³/mol. The van der Waals surface area contributed by atoms with Crippen molar-refractivity contribution in [1.29, 1.82) is 0 Å². The number of hydrogen-bond acceptors (Lipinski definition) is 6. The number of amides is 1. The zero-order valence-electron chi connectivity index (χ0n) is 14.8. The van der Waals surface area contributed by atoms with Crippen molar-refractivity contribution < 1.29 is 28.2 Å². The van der Waals surface area contributed by atoms with Gasteiger partial charge in [-0.1, -0.05) is 36.0 Å². The Kier molecular flexibility index (Phi) is 6.55. The van der Waals surface area contributed by atoms with Gasteiger partial charge in [0.1, 0.15) is 17.7 Å². The largest absolute Gasteiger partial charge is 0.486 e. The summed E-state index contributed by atoms with van der Waals surface area (Å²) in [4.78, 5) is 22.3. The fraction of sp³-hybridized carbons (Fsp3) is 0.158. The highest BCUT2D eigenvalue weighted by atomic mass is 32.2. The highest BCUT2D eigenvalue weighted by Gasteiger charge is 2.32. The number of thioether (sulfide) groups is 1. The van der Waals surface area contributed by atoms with E-state index in [1.165, 1.54) is 12.3 Å². The van der Waals surface area contributed by atoms with E-state index in [2.05, 4.69) is 15.5 Å². The molecule has 0 aromatic heterocycles. The van der Waals surface area contributed by atoms with Crippen molar-refractivity contribution >= 4 is 35.0 Å². The third kappa shape index (κ3) is 5.85. The summed E-state index contributed by atoms with van der Waals surface area (Å²) in [7, 11) is 0. The number of carbonyl (C=O) groups is 2. The molecule has 150 valence electrons. The Morgan fingerprint density at radius 2 is 2.00 bits per heavy atom. The molecule has 1 amide bonds. The van der Waals surface area contributed by atoms with Gasteiger partial charge in [0.15, 0.2) is 16.7 Å². The van der Waals surface area contributed by atoms with E-state index in [4.69, 9.17) is 9.84 Å². The molecule has 0 aliphatic carbocycles. The number of carboxylic acid groups (broad SMARTS) is 1. The maximum Gasteiger partial charge on any atom is 0.305 e. The lowest BCUT2D eigenvalue weighted by Crippen LogP contribution is -2.26. The summed E-state index contributed by atoms with van der Waals surface area (Å²) in [5, 5.41) is 18.5. The van der Waals surface area contributed by atoms with Crippen molar-refractivity contribution in [3.05, 3.63) is 65.2 Å². The van der Waals surface area contributed by atoms with E-state index in [0.29, 0.717) is 0 Å². The van der Waals surface area contributed by atoms with Gasteiger partial charge < -0.3 is 15.2 Å². The number of hydrogen-bond donors (Lipinski definition) is 2. The lowest BCUT2D eigenvalue weighted by atomic mass is 10.1. The van der Waals surface area contributed by atoms with Gasteiger partial charge in [0.2, 0.25) is 5.91 Å². The Morgan fingerprint density at radius 1 is 1.24 bits per heavy atom. The minimum atomic E-state index is -1.06. The number of carboxylic acids is 1. The molecule has 10 heteroatoms. The average Bonchev–Trinajstić information content (AvgIpc) is 3.01. The Hall–Kier alpha value is -3.27. The van der Waals surface area contributed by atoms with Gasteiger partial charge in [-0.05, 0) is 23.3 Å². The van der Waals surface area contributed by atoms with Crippen LogP contribution in [0.3, 0.4) is 0 Å². The molecule has 7 nitrogen and oxygen atoms in total. The highest BCUT2D eigenvalue weighted by Crippen LogP contribution is 2.22. The molecule has 1 aliphatic rings. The van der Waals surface area contributed by atoms with E-state index >= 15 is 0 Å². The molecule has 2 aromatic carbocycles. The molecule has 2 aromatic rings. The van der Waals surface area contributed by atoms with E-state index in [1.54, 1.807) is 24.3 Å². The molecule has 1 unspecified atom stereocenters. The zero-order valence-corrected chi connectivity index (χ0v) is 15.7. The maximum absolute atomic E-state index is 13.5. The van der Waals surface area contributed by atoms with Crippen molar-refractivity contribution in [2.75, 3.05) is 0 Å². The number of amidine groups is 1. The van der Waals surface area contributed by atoms with E-state index in [-0.39, 0.29) is 23.9 Å². The molecule has 1 saturated heterocycles. The van der Waals surface area contributed by atoms with Gasteiger partial charge in [-0.3, -0.25) is 9.59 Å². The van der Waals surface area contributed by atoms with Crippen molar-refractivity contribution in [3.63, 3.8) is 0 Å².